The Morgan fingerprint density at radius 1 is 1.21 bits per heavy atom. The molecule has 1 heterocycles. The predicted molar refractivity (Wildman–Crippen MR) is 85.6 cm³/mol. The molecule has 3 atom stereocenters. The van der Waals surface area contributed by atoms with Crippen LogP contribution in [0.5, 0.6) is 0 Å². The zero-order chi connectivity index (χ0) is 14.6. The molecule has 3 unspecified atom stereocenters. The fourth-order valence-corrected chi connectivity index (χ4v) is 3.44. The second-order valence-electron chi connectivity index (χ2n) is 7.95. The van der Waals surface area contributed by atoms with Crippen LogP contribution in [-0.4, -0.2) is 36.1 Å². The summed E-state index contributed by atoms with van der Waals surface area (Å²) in [5.74, 6) is 0.784. The van der Waals surface area contributed by atoms with Crippen LogP contribution in [0, 0.1) is 11.3 Å². The van der Waals surface area contributed by atoms with Crippen molar-refractivity contribution in [2.45, 2.75) is 85.9 Å². The molecule has 0 amide bonds. The molecule has 1 aliphatic rings. The fourth-order valence-electron chi connectivity index (χ4n) is 3.44. The zero-order valence-electron chi connectivity index (χ0n) is 14.3. The molecule has 1 N–H and O–H groups in total. The predicted octanol–water partition coefficient (Wildman–Crippen LogP) is 3.91. The average Bonchev–Trinajstić information content (AvgIpc) is 2.26. The number of hydrogen-bond donors (Lipinski definition) is 1. The lowest BCUT2D eigenvalue weighted by Gasteiger charge is -2.49. The Bertz CT molecular complexity index is 254. The number of rotatable bonds is 5. The normalized spacial score (nSPS) is 27.8. The third kappa shape index (κ3) is 5.07. The topological polar surface area (TPSA) is 15.3 Å². The molecule has 19 heavy (non-hydrogen) atoms. The third-order valence-electron chi connectivity index (χ3n) is 4.46. The summed E-state index contributed by atoms with van der Waals surface area (Å²) < 4.78 is 0. The number of nitrogens with one attached hydrogen (secondary N) is 1. The minimum atomic E-state index is 0.359. The van der Waals surface area contributed by atoms with E-state index in [1.807, 2.05) is 0 Å². The lowest BCUT2D eigenvalue weighted by molar-refractivity contribution is 0.0197. The fraction of sp³-hybridized carbons (Fsp3) is 1.00. The molecule has 1 aliphatic heterocycles. The van der Waals surface area contributed by atoms with Gasteiger partial charge < -0.3 is 5.32 Å². The van der Waals surface area contributed by atoms with Crippen molar-refractivity contribution in [2.75, 3.05) is 13.1 Å². The molecule has 1 fully saturated rings. The highest BCUT2D eigenvalue weighted by Gasteiger charge is 2.37. The van der Waals surface area contributed by atoms with Crippen LogP contribution in [0.2, 0.25) is 0 Å². The van der Waals surface area contributed by atoms with Gasteiger partial charge in [-0.05, 0) is 31.1 Å². The SMILES string of the molecule is CCCC(C)N1CC(CC(C)C)NCC1C(C)(C)C. The number of nitrogens with zero attached hydrogens (tertiary/aromatic N) is 1. The summed E-state index contributed by atoms with van der Waals surface area (Å²) in [4.78, 5) is 2.78. The molecule has 1 rings (SSSR count). The molecule has 0 radical (unpaired) electrons. The van der Waals surface area contributed by atoms with Crippen LogP contribution in [0.1, 0.15) is 67.7 Å². The molecule has 0 aromatic carbocycles. The molecular weight excluding hydrogens is 232 g/mol. The van der Waals surface area contributed by atoms with Crippen LogP contribution in [0.25, 0.3) is 0 Å². The van der Waals surface area contributed by atoms with E-state index < -0.39 is 0 Å². The van der Waals surface area contributed by atoms with Crippen LogP contribution in [0.15, 0.2) is 0 Å². The molecule has 0 bridgehead atoms. The van der Waals surface area contributed by atoms with E-state index in [1.165, 1.54) is 25.8 Å². The lowest BCUT2D eigenvalue weighted by Crippen LogP contribution is -2.62. The highest BCUT2D eigenvalue weighted by molar-refractivity contribution is 4.94. The second-order valence-corrected chi connectivity index (χ2v) is 7.95. The highest BCUT2D eigenvalue weighted by Crippen LogP contribution is 2.29. The van der Waals surface area contributed by atoms with Crippen LogP contribution in [0.4, 0.5) is 0 Å². The van der Waals surface area contributed by atoms with Gasteiger partial charge in [0.05, 0.1) is 0 Å². The molecule has 2 heteroatoms. The van der Waals surface area contributed by atoms with E-state index in [2.05, 4.69) is 58.7 Å². The summed E-state index contributed by atoms with van der Waals surface area (Å²) in [5, 5.41) is 3.79. The molecule has 2 nitrogen and oxygen atoms in total. The maximum absolute atomic E-state index is 3.79. The maximum Gasteiger partial charge on any atom is 0.0272 e. The second kappa shape index (κ2) is 7.08. The highest BCUT2D eigenvalue weighted by atomic mass is 15.3. The van der Waals surface area contributed by atoms with Gasteiger partial charge in [-0.15, -0.1) is 0 Å². The van der Waals surface area contributed by atoms with Gasteiger partial charge in [-0.3, -0.25) is 4.90 Å². The molecule has 114 valence electrons. The van der Waals surface area contributed by atoms with Crippen molar-refractivity contribution in [3.63, 3.8) is 0 Å². The smallest absolute Gasteiger partial charge is 0.0272 e. The Morgan fingerprint density at radius 3 is 2.32 bits per heavy atom. The summed E-state index contributed by atoms with van der Waals surface area (Å²) >= 11 is 0. The summed E-state index contributed by atoms with van der Waals surface area (Å²) in [6, 6.07) is 2.06. The third-order valence-corrected chi connectivity index (χ3v) is 4.46. The largest absolute Gasteiger partial charge is 0.311 e. The van der Waals surface area contributed by atoms with Crippen molar-refractivity contribution in [3.8, 4) is 0 Å². The summed E-state index contributed by atoms with van der Waals surface area (Å²) in [7, 11) is 0. The van der Waals surface area contributed by atoms with E-state index in [-0.39, 0.29) is 0 Å². The first-order valence-corrected chi connectivity index (χ1v) is 8.24. The van der Waals surface area contributed by atoms with Crippen molar-refractivity contribution in [1.29, 1.82) is 0 Å². The molecule has 1 saturated heterocycles. The van der Waals surface area contributed by atoms with E-state index in [4.69, 9.17) is 0 Å². The van der Waals surface area contributed by atoms with Gasteiger partial charge in [0.15, 0.2) is 0 Å². The maximum atomic E-state index is 3.79. The first-order valence-electron chi connectivity index (χ1n) is 8.24. The average molecular weight is 268 g/mol. The van der Waals surface area contributed by atoms with Gasteiger partial charge in [0.1, 0.15) is 0 Å². The van der Waals surface area contributed by atoms with Crippen LogP contribution < -0.4 is 5.32 Å². The molecule has 0 aromatic rings. The van der Waals surface area contributed by atoms with Crippen molar-refractivity contribution in [3.05, 3.63) is 0 Å². The Kier molecular flexibility index (Phi) is 6.32. The number of hydrogen-bond acceptors (Lipinski definition) is 2. The van der Waals surface area contributed by atoms with Crippen LogP contribution in [-0.2, 0) is 0 Å². The van der Waals surface area contributed by atoms with Gasteiger partial charge in [-0.2, -0.15) is 0 Å². The van der Waals surface area contributed by atoms with Crippen molar-refractivity contribution in [1.82, 2.24) is 10.2 Å². The molecule has 0 aliphatic carbocycles. The molecule has 0 aromatic heterocycles. The quantitative estimate of drug-likeness (QED) is 0.813. The zero-order valence-corrected chi connectivity index (χ0v) is 14.3. The Balaban J connectivity index is 2.74. The summed E-state index contributed by atoms with van der Waals surface area (Å²) in [5.41, 5.74) is 0.359. The molecule has 0 spiro atoms. The van der Waals surface area contributed by atoms with Gasteiger partial charge in [-0.1, -0.05) is 48.0 Å². The van der Waals surface area contributed by atoms with Crippen molar-refractivity contribution >= 4 is 0 Å². The minimum Gasteiger partial charge on any atom is -0.311 e. The van der Waals surface area contributed by atoms with Gasteiger partial charge >= 0.3 is 0 Å². The monoisotopic (exact) mass is 268 g/mol. The lowest BCUT2D eigenvalue weighted by atomic mass is 9.82. The summed E-state index contributed by atoms with van der Waals surface area (Å²) in [6.45, 7) is 18.9. The van der Waals surface area contributed by atoms with Gasteiger partial charge in [0, 0.05) is 31.2 Å². The van der Waals surface area contributed by atoms with Crippen molar-refractivity contribution in [2.24, 2.45) is 11.3 Å². The van der Waals surface area contributed by atoms with Gasteiger partial charge in [0.25, 0.3) is 0 Å². The van der Waals surface area contributed by atoms with Crippen molar-refractivity contribution < 1.29 is 0 Å². The first kappa shape index (κ1) is 17.0. The van der Waals surface area contributed by atoms with Crippen LogP contribution in [0.3, 0.4) is 0 Å². The summed E-state index contributed by atoms with van der Waals surface area (Å²) in [6.07, 6.45) is 3.91. The van der Waals surface area contributed by atoms with E-state index in [1.54, 1.807) is 0 Å². The Morgan fingerprint density at radius 2 is 1.84 bits per heavy atom. The van der Waals surface area contributed by atoms with E-state index >= 15 is 0 Å². The van der Waals surface area contributed by atoms with E-state index in [0.717, 1.165) is 12.5 Å². The molecule has 0 saturated carbocycles. The first-order chi connectivity index (χ1) is 8.75. The van der Waals surface area contributed by atoms with E-state index in [9.17, 15) is 0 Å². The van der Waals surface area contributed by atoms with E-state index in [0.29, 0.717) is 23.5 Å². The van der Waals surface area contributed by atoms with Crippen LogP contribution >= 0.6 is 0 Å². The van der Waals surface area contributed by atoms with Gasteiger partial charge in [0.2, 0.25) is 0 Å². The minimum absolute atomic E-state index is 0.359. The Hall–Kier alpha value is -0.0800. The van der Waals surface area contributed by atoms with Gasteiger partial charge in [-0.25, -0.2) is 0 Å². The number of piperazine rings is 1. The standard InChI is InChI=1S/C17H36N2/c1-8-9-14(4)19-12-15(10-13(2)3)18-11-16(19)17(5,6)7/h13-16,18H,8-12H2,1-7H3. The Labute approximate surface area is 121 Å². The molecular formula is C17H36N2.